The lowest BCUT2D eigenvalue weighted by atomic mass is 9.96. The SMILES string of the molecule is Cc1ccccc1CC(CO)CNc1ncnc2ccc(S(C)(=O)=O)cc12. The number of nitrogens with one attached hydrogen (secondary N) is 1. The van der Waals surface area contributed by atoms with Gasteiger partial charge in [-0.15, -0.1) is 0 Å². The molecule has 0 fully saturated rings. The monoisotopic (exact) mass is 385 g/mol. The van der Waals surface area contributed by atoms with Crippen molar-refractivity contribution in [2.75, 3.05) is 24.7 Å². The van der Waals surface area contributed by atoms with Gasteiger partial charge in [0.05, 0.1) is 10.4 Å². The second-order valence-electron chi connectivity index (χ2n) is 6.73. The molecule has 0 saturated heterocycles. The van der Waals surface area contributed by atoms with Gasteiger partial charge in [-0.05, 0) is 42.7 Å². The van der Waals surface area contributed by atoms with Gasteiger partial charge in [-0.25, -0.2) is 18.4 Å². The van der Waals surface area contributed by atoms with Crippen molar-refractivity contribution in [3.05, 3.63) is 59.9 Å². The maximum atomic E-state index is 11.8. The number of fused-ring (bicyclic) bond motifs is 1. The molecule has 27 heavy (non-hydrogen) atoms. The summed E-state index contributed by atoms with van der Waals surface area (Å²) < 4.78 is 23.7. The van der Waals surface area contributed by atoms with Crippen LogP contribution in [0.3, 0.4) is 0 Å². The Hall–Kier alpha value is -2.51. The zero-order chi connectivity index (χ0) is 19.4. The fourth-order valence-electron chi connectivity index (χ4n) is 3.00. The average Bonchev–Trinajstić information content (AvgIpc) is 2.65. The predicted molar refractivity (Wildman–Crippen MR) is 107 cm³/mol. The van der Waals surface area contributed by atoms with Crippen LogP contribution >= 0.6 is 0 Å². The molecule has 142 valence electrons. The van der Waals surface area contributed by atoms with Gasteiger partial charge in [-0.1, -0.05) is 24.3 Å². The number of sulfone groups is 1. The first-order valence-corrected chi connectivity index (χ1v) is 10.6. The molecule has 2 N–H and O–H groups in total. The molecule has 6 nitrogen and oxygen atoms in total. The van der Waals surface area contributed by atoms with E-state index >= 15 is 0 Å². The molecule has 1 atom stereocenters. The predicted octanol–water partition coefficient (Wildman–Crippen LogP) is 2.60. The topological polar surface area (TPSA) is 92.2 Å². The summed E-state index contributed by atoms with van der Waals surface area (Å²) in [5, 5.41) is 13.7. The van der Waals surface area contributed by atoms with E-state index in [1.54, 1.807) is 18.2 Å². The van der Waals surface area contributed by atoms with Gasteiger partial charge >= 0.3 is 0 Å². The third-order valence-corrected chi connectivity index (χ3v) is 5.73. The van der Waals surface area contributed by atoms with Crippen LogP contribution < -0.4 is 5.32 Å². The Balaban J connectivity index is 1.82. The van der Waals surface area contributed by atoms with Crippen molar-refractivity contribution in [2.45, 2.75) is 18.2 Å². The van der Waals surface area contributed by atoms with Gasteiger partial charge in [-0.2, -0.15) is 0 Å². The van der Waals surface area contributed by atoms with Crippen molar-refractivity contribution in [1.82, 2.24) is 9.97 Å². The summed E-state index contributed by atoms with van der Waals surface area (Å²) in [6.07, 6.45) is 3.36. The minimum atomic E-state index is -3.32. The summed E-state index contributed by atoms with van der Waals surface area (Å²) in [6.45, 7) is 2.61. The van der Waals surface area contributed by atoms with Gasteiger partial charge in [0.1, 0.15) is 12.1 Å². The molecule has 3 rings (SSSR count). The number of benzene rings is 2. The Morgan fingerprint density at radius 1 is 1.15 bits per heavy atom. The summed E-state index contributed by atoms with van der Waals surface area (Å²) >= 11 is 0. The molecule has 1 aromatic heterocycles. The van der Waals surface area contributed by atoms with Crippen LogP contribution in [0.5, 0.6) is 0 Å². The number of hydrogen-bond acceptors (Lipinski definition) is 6. The minimum absolute atomic E-state index is 0.00852. The highest BCUT2D eigenvalue weighted by Gasteiger charge is 2.14. The number of aryl methyl sites for hydroxylation is 1. The van der Waals surface area contributed by atoms with E-state index in [-0.39, 0.29) is 17.4 Å². The number of aliphatic hydroxyl groups is 1. The van der Waals surface area contributed by atoms with Crippen LogP contribution in [0.4, 0.5) is 5.82 Å². The Morgan fingerprint density at radius 2 is 1.93 bits per heavy atom. The third-order valence-electron chi connectivity index (χ3n) is 4.62. The first-order chi connectivity index (χ1) is 12.9. The van der Waals surface area contributed by atoms with E-state index in [9.17, 15) is 13.5 Å². The number of anilines is 1. The average molecular weight is 385 g/mol. The zero-order valence-electron chi connectivity index (χ0n) is 15.4. The Kier molecular flexibility index (Phi) is 5.72. The number of nitrogens with zero attached hydrogens (tertiary/aromatic N) is 2. The van der Waals surface area contributed by atoms with E-state index in [0.717, 1.165) is 6.42 Å². The molecule has 0 bridgehead atoms. The van der Waals surface area contributed by atoms with Crippen molar-refractivity contribution in [3.63, 3.8) is 0 Å². The van der Waals surface area contributed by atoms with E-state index in [4.69, 9.17) is 0 Å². The van der Waals surface area contributed by atoms with Gasteiger partial charge in [0.15, 0.2) is 9.84 Å². The maximum Gasteiger partial charge on any atom is 0.175 e. The summed E-state index contributed by atoms with van der Waals surface area (Å²) in [7, 11) is -3.32. The van der Waals surface area contributed by atoms with E-state index in [2.05, 4.69) is 34.3 Å². The molecule has 0 amide bonds. The van der Waals surface area contributed by atoms with Crippen molar-refractivity contribution in [2.24, 2.45) is 5.92 Å². The molecule has 0 saturated carbocycles. The van der Waals surface area contributed by atoms with Crippen molar-refractivity contribution < 1.29 is 13.5 Å². The van der Waals surface area contributed by atoms with Gasteiger partial charge < -0.3 is 10.4 Å². The van der Waals surface area contributed by atoms with Crippen LogP contribution in [0.2, 0.25) is 0 Å². The van der Waals surface area contributed by atoms with E-state index < -0.39 is 9.84 Å². The molecule has 0 aliphatic rings. The fraction of sp³-hybridized carbons (Fsp3) is 0.300. The first-order valence-electron chi connectivity index (χ1n) is 8.72. The summed E-state index contributed by atoms with van der Waals surface area (Å²) in [4.78, 5) is 8.69. The molecule has 0 aliphatic heterocycles. The zero-order valence-corrected chi connectivity index (χ0v) is 16.2. The molecule has 3 aromatic rings. The summed E-state index contributed by atoms with van der Waals surface area (Å²) in [5.41, 5.74) is 3.06. The quantitative estimate of drug-likeness (QED) is 0.649. The number of aliphatic hydroxyl groups excluding tert-OH is 1. The fourth-order valence-corrected chi connectivity index (χ4v) is 3.65. The second kappa shape index (κ2) is 8.02. The molecule has 7 heteroatoms. The highest BCUT2D eigenvalue weighted by atomic mass is 32.2. The lowest BCUT2D eigenvalue weighted by Crippen LogP contribution is -2.21. The van der Waals surface area contributed by atoms with Crippen LogP contribution in [0.25, 0.3) is 10.9 Å². The van der Waals surface area contributed by atoms with Crippen LogP contribution in [-0.4, -0.2) is 42.9 Å². The van der Waals surface area contributed by atoms with Crippen molar-refractivity contribution in [3.8, 4) is 0 Å². The number of hydrogen-bond donors (Lipinski definition) is 2. The summed E-state index contributed by atoms with van der Waals surface area (Å²) in [6, 6.07) is 12.9. The lowest BCUT2D eigenvalue weighted by Gasteiger charge is -2.17. The smallest absolute Gasteiger partial charge is 0.175 e. The molecule has 2 aromatic carbocycles. The lowest BCUT2D eigenvalue weighted by molar-refractivity contribution is 0.232. The Bertz CT molecular complexity index is 1050. The molecule has 1 heterocycles. The largest absolute Gasteiger partial charge is 0.396 e. The second-order valence-corrected chi connectivity index (χ2v) is 8.75. The van der Waals surface area contributed by atoms with Gasteiger partial charge in [0.2, 0.25) is 0 Å². The Labute approximate surface area is 159 Å². The van der Waals surface area contributed by atoms with E-state index in [1.165, 1.54) is 23.7 Å². The molecule has 0 spiro atoms. The maximum absolute atomic E-state index is 11.8. The highest BCUT2D eigenvalue weighted by Crippen LogP contribution is 2.23. The standard InChI is InChI=1S/C20H23N3O3S/c1-14-5-3-4-6-16(14)9-15(12-24)11-21-20-18-10-17(27(2,25)26)7-8-19(18)22-13-23-20/h3-8,10,13,15,24H,9,11-12H2,1-2H3,(H,21,22,23). The van der Waals surface area contributed by atoms with E-state index in [1.807, 2.05) is 12.1 Å². The van der Waals surface area contributed by atoms with Gasteiger partial charge in [-0.3, -0.25) is 0 Å². The van der Waals surface area contributed by atoms with Crippen molar-refractivity contribution >= 4 is 26.6 Å². The number of rotatable bonds is 7. The third kappa shape index (κ3) is 4.61. The number of aromatic nitrogens is 2. The molecule has 0 radical (unpaired) electrons. The van der Waals surface area contributed by atoms with Crippen LogP contribution in [0.15, 0.2) is 53.7 Å². The molecular weight excluding hydrogens is 362 g/mol. The first kappa shape index (κ1) is 19.3. The van der Waals surface area contributed by atoms with E-state index in [0.29, 0.717) is 23.3 Å². The van der Waals surface area contributed by atoms with Crippen LogP contribution in [0, 0.1) is 12.8 Å². The van der Waals surface area contributed by atoms with Crippen LogP contribution in [-0.2, 0) is 16.3 Å². The van der Waals surface area contributed by atoms with Gasteiger partial charge in [0, 0.05) is 30.7 Å². The normalized spacial score (nSPS) is 12.9. The highest BCUT2D eigenvalue weighted by molar-refractivity contribution is 7.90. The summed E-state index contributed by atoms with van der Waals surface area (Å²) in [5.74, 6) is 0.572. The van der Waals surface area contributed by atoms with Crippen molar-refractivity contribution in [1.29, 1.82) is 0 Å². The van der Waals surface area contributed by atoms with Crippen LogP contribution in [0.1, 0.15) is 11.1 Å². The molecule has 1 unspecified atom stereocenters. The molecule has 0 aliphatic carbocycles. The molecular formula is C20H23N3O3S. The minimum Gasteiger partial charge on any atom is -0.396 e. The Morgan fingerprint density at radius 3 is 2.63 bits per heavy atom. The van der Waals surface area contributed by atoms with Gasteiger partial charge in [0.25, 0.3) is 0 Å².